The first-order valence-corrected chi connectivity index (χ1v) is 9.44. The smallest absolute Gasteiger partial charge is 0.325 e. The van der Waals surface area contributed by atoms with E-state index in [4.69, 9.17) is 16.3 Å². The van der Waals surface area contributed by atoms with Crippen molar-refractivity contribution in [2.24, 2.45) is 0 Å². The third-order valence-electron chi connectivity index (χ3n) is 3.18. The van der Waals surface area contributed by atoms with Crippen molar-refractivity contribution < 1.29 is 14.3 Å². The monoisotopic (exact) mass is 392 g/mol. The molecular formula is C17H13ClN2O3S2. The maximum atomic E-state index is 11.7. The van der Waals surface area contributed by atoms with Crippen LogP contribution in [-0.4, -0.2) is 23.4 Å². The average Bonchev–Trinajstić information content (AvgIpc) is 3.30. The van der Waals surface area contributed by atoms with E-state index in [1.54, 1.807) is 23.6 Å². The molecule has 0 spiro atoms. The van der Waals surface area contributed by atoms with Gasteiger partial charge in [-0.25, -0.2) is 4.98 Å². The SMILES string of the molecule is O=C(CNC(=O)c1cccs1)OCc1csc(-c2ccccc2Cl)n1. The van der Waals surface area contributed by atoms with Gasteiger partial charge in [0.2, 0.25) is 0 Å². The summed E-state index contributed by atoms with van der Waals surface area (Å²) in [6, 6.07) is 10.9. The molecule has 5 nitrogen and oxygen atoms in total. The van der Waals surface area contributed by atoms with Crippen LogP contribution in [0, 0.1) is 0 Å². The van der Waals surface area contributed by atoms with Crippen LogP contribution in [0.25, 0.3) is 10.6 Å². The summed E-state index contributed by atoms with van der Waals surface area (Å²) >= 11 is 8.89. The van der Waals surface area contributed by atoms with Gasteiger partial charge in [-0.3, -0.25) is 9.59 Å². The minimum absolute atomic E-state index is 0.0503. The molecule has 0 bridgehead atoms. The number of halogens is 1. The number of ether oxygens (including phenoxy) is 1. The highest BCUT2D eigenvalue weighted by Crippen LogP contribution is 2.30. The molecule has 1 aromatic carbocycles. The molecule has 0 aliphatic heterocycles. The third kappa shape index (κ3) is 4.66. The number of carbonyl (C=O) groups is 2. The molecule has 1 N–H and O–H groups in total. The van der Waals surface area contributed by atoms with Crippen molar-refractivity contribution in [2.75, 3.05) is 6.54 Å². The van der Waals surface area contributed by atoms with Gasteiger partial charge in [-0.2, -0.15) is 0 Å². The number of benzene rings is 1. The fourth-order valence-corrected chi connectivity index (χ4v) is 3.75. The summed E-state index contributed by atoms with van der Waals surface area (Å²) in [6.07, 6.45) is 0. The predicted octanol–water partition coefficient (Wildman–Crippen LogP) is 4.00. The Morgan fingerprint density at radius 2 is 2.00 bits per heavy atom. The molecule has 128 valence electrons. The maximum absolute atomic E-state index is 11.7. The maximum Gasteiger partial charge on any atom is 0.325 e. The number of carbonyl (C=O) groups excluding carboxylic acids is 2. The first kappa shape index (κ1) is 17.6. The average molecular weight is 393 g/mol. The molecule has 2 heterocycles. The van der Waals surface area contributed by atoms with Crippen LogP contribution in [0.15, 0.2) is 47.2 Å². The Hall–Kier alpha value is -2.22. The van der Waals surface area contributed by atoms with E-state index in [0.29, 0.717) is 15.6 Å². The minimum atomic E-state index is -0.516. The molecule has 0 saturated carbocycles. The largest absolute Gasteiger partial charge is 0.458 e. The molecule has 3 aromatic rings. The summed E-state index contributed by atoms with van der Waals surface area (Å²) in [6.45, 7) is -0.132. The van der Waals surface area contributed by atoms with E-state index in [9.17, 15) is 9.59 Å². The summed E-state index contributed by atoms with van der Waals surface area (Å²) in [5.41, 5.74) is 1.48. The van der Waals surface area contributed by atoms with Crippen LogP contribution in [0.1, 0.15) is 15.4 Å². The number of rotatable bonds is 6. The number of nitrogens with zero attached hydrogens (tertiary/aromatic N) is 1. The first-order chi connectivity index (χ1) is 12.1. The fourth-order valence-electron chi connectivity index (χ4n) is 1.98. The number of thiophene rings is 1. The van der Waals surface area contributed by atoms with Gasteiger partial charge < -0.3 is 10.1 Å². The molecule has 0 aliphatic carbocycles. The zero-order valence-corrected chi connectivity index (χ0v) is 15.3. The van der Waals surface area contributed by atoms with Crippen molar-refractivity contribution in [1.29, 1.82) is 0 Å². The minimum Gasteiger partial charge on any atom is -0.458 e. The molecule has 0 atom stereocenters. The van der Waals surface area contributed by atoms with Crippen LogP contribution in [-0.2, 0) is 16.1 Å². The lowest BCUT2D eigenvalue weighted by Crippen LogP contribution is -2.30. The van der Waals surface area contributed by atoms with Gasteiger partial charge in [0.05, 0.1) is 15.6 Å². The zero-order valence-electron chi connectivity index (χ0n) is 12.9. The predicted molar refractivity (Wildman–Crippen MR) is 99.0 cm³/mol. The number of hydrogen-bond donors (Lipinski definition) is 1. The first-order valence-electron chi connectivity index (χ1n) is 7.30. The summed E-state index contributed by atoms with van der Waals surface area (Å²) < 4.78 is 5.14. The van der Waals surface area contributed by atoms with E-state index in [0.717, 1.165) is 10.6 Å². The normalized spacial score (nSPS) is 10.4. The van der Waals surface area contributed by atoms with Gasteiger partial charge in [0.1, 0.15) is 18.2 Å². The Morgan fingerprint density at radius 1 is 1.16 bits per heavy atom. The van der Waals surface area contributed by atoms with Crippen LogP contribution in [0.5, 0.6) is 0 Å². The quantitative estimate of drug-likeness (QED) is 0.644. The van der Waals surface area contributed by atoms with Gasteiger partial charge in [-0.05, 0) is 17.5 Å². The van der Waals surface area contributed by atoms with Gasteiger partial charge in [-0.1, -0.05) is 35.9 Å². The van der Waals surface area contributed by atoms with Gasteiger partial charge in [0, 0.05) is 10.9 Å². The van der Waals surface area contributed by atoms with Crippen molar-refractivity contribution in [1.82, 2.24) is 10.3 Å². The number of nitrogens with one attached hydrogen (secondary N) is 1. The second-order valence-electron chi connectivity index (χ2n) is 4.94. The lowest BCUT2D eigenvalue weighted by atomic mass is 10.2. The molecule has 2 aromatic heterocycles. The molecule has 0 fully saturated rings. The number of esters is 1. The van der Waals surface area contributed by atoms with Crippen molar-refractivity contribution >= 4 is 46.2 Å². The Morgan fingerprint density at radius 3 is 2.76 bits per heavy atom. The van der Waals surface area contributed by atoms with E-state index in [1.165, 1.54) is 22.7 Å². The molecule has 0 unspecified atom stereocenters. The second-order valence-corrected chi connectivity index (χ2v) is 7.16. The van der Waals surface area contributed by atoms with E-state index >= 15 is 0 Å². The molecule has 1 amide bonds. The topological polar surface area (TPSA) is 68.3 Å². The molecule has 0 radical (unpaired) electrons. The van der Waals surface area contributed by atoms with Crippen LogP contribution >= 0.6 is 34.3 Å². The molecule has 0 aliphatic rings. The lowest BCUT2D eigenvalue weighted by molar-refractivity contribution is -0.143. The van der Waals surface area contributed by atoms with Crippen LogP contribution in [0.4, 0.5) is 0 Å². The Balaban J connectivity index is 1.50. The molecular weight excluding hydrogens is 380 g/mol. The highest BCUT2D eigenvalue weighted by atomic mass is 35.5. The van der Waals surface area contributed by atoms with Crippen molar-refractivity contribution in [3.05, 3.63) is 62.8 Å². The lowest BCUT2D eigenvalue weighted by Gasteiger charge is -2.04. The van der Waals surface area contributed by atoms with E-state index in [1.807, 2.05) is 23.6 Å². The van der Waals surface area contributed by atoms with Crippen LogP contribution in [0.2, 0.25) is 5.02 Å². The highest BCUT2D eigenvalue weighted by Gasteiger charge is 2.12. The van der Waals surface area contributed by atoms with Crippen molar-refractivity contribution in [2.45, 2.75) is 6.61 Å². The van der Waals surface area contributed by atoms with Gasteiger partial charge in [0.15, 0.2) is 0 Å². The summed E-state index contributed by atoms with van der Waals surface area (Å²) in [5.74, 6) is -0.807. The van der Waals surface area contributed by atoms with E-state index in [-0.39, 0.29) is 19.1 Å². The molecule has 3 rings (SSSR count). The Kier molecular flexibility index (Phi) is 5.80. The van der Waals surface area contributed by atoms with E-state index in [2.05, 4.69) is 10.3 Å². The second kappa shape index (κ2) is 8.24. The van der Waals surface area contributed by atoms with Gasteiger partial charge in [-0.15, -0.1) is 22.7 Å². The summed E-state index contributed by atoms with van der Waals surface area (Å²) in [5, 5.41) is 7.52. The number of hydrogen-bond acceptors (Lipinski definition) is 6. The summed E-state index contributed by atoms with van der Waals surface area (Å²) in [7, 11) is 0. The standard InChI is InChI=1S/C17H13ClN2O3S2/c18-13-5-2-1-4-12(13)17-20-11(10-25-17)9-23-15(21)8-19-16(22)14-6-3-7-24-14/h1-7,10H,8-9H2,(H,19,22). The van der Waals surface area contributed by atoms with Crippen LogP contribution in [0.3, 0.4) is 0 Å². The van der Waals surface area contributed by atoms with Gasteiger partial charge >= 0.3 is 5.97 Å². The molecule has 0 saturated heterocycles. The molecule has 8 heteroatoms. The van der Waals surface area contributed by atoms with Crippen LogP contribution < -0.4 is 5.32 Å². The highest BCUT2D eigenvalue weighted by molar-refractivity contribution is 7.13. The van der Waals surface area contributed by atoms with Crippen molar-refractivity contribution in [3.63, 3.8) is 0 Å². The fraction of sp³-hybridized carbons (Fsp3) is 0.118. The third-order valence-corrected chi connectivity index (χ3v) is 5.30. The Bertz CT molecular complexity index is 878. The van der Waals surface area contributed by atoms with Crippen molar-refractivity contribution in [3.8, 4) is 10.6 Å². The Labute approximate surface area is 157 Å². The summed E-state index contributed by atoms with van der Waals surface area (Å²) in [4.78, 5) is 28.5. The number of thiazole rings is 1. The number of aromatic nitrogens is 1. The number of amides is 1. The van der Waals surface area contributed by atoms with E-state index < -0.39 is 5.97 Å². The van der Waals surface area contributed by atoms with Gasteiger partial charge in [0.25, 0.3) is 5.91 Å². The molecule has 25 heavy (non-hydrogen) atoms. The zero-order chi connectivity index (χ0) is 17.6.